The number of fused-ring (bicyclic) bond motifs is 4. The third kappa shape index (κ3) is 2.37. The number of carbonyl (C=O) groups excluding carboxylic acids is 1. The normalized spacial score (nSPS) is 19.6. The van der Waals surface area contributed by atoms with Crippen molar-refractivity contribution in [1.29, 1.82) is 0 Å². The highest BCUT2D eigenvalue weighted by Gasteiger charge is 2.54. The maximum Gasteiger partial charge on any atom is 0.266 e. The molecule has 0 aliphatic carbocycles. The van der Waals surface area contributed by atoms with Gasteiger partial charge in [0.05, 0.1) is 6.20 Å². The second-order valence-corrected chi connectivity index (χ2v) is 7.29. The van der Waals surface area contributed by atoms with E-state index in [1.807, 2.05) is 0 Å². The minimum Gasteiger partial charge on any atom is -0.455 e. The molecule has 3 heterocycles. The highest BCUT2D eigenvalue weighted by atomic mass is 35.5. The number of amides is 1. The first-order valence-corrected chi connectivity index (χ1v) is 9.15. The Morgan fingerprint density at radius 1 is 1.14 bits per heavy atom. The van der Waals surface area contributed by atoms with Crippen molar-refractivity contribution in [1.82, 2.24) is 9.88 Å². The summed E-state index contributed by atoms with van der Waals surface area (Å²) in [5, 5.41) is 0.403. The van der Waals surface area contributed by atoms with Crippen LogP contribution in [0.4, 0.5) is 4.39 Å². The predicted octanol–water partition coefficient (Wildman–Crippen LogP) is 3.68. The van der Waals surface area contributed by atoms with Gasteiger partial charge in [0.1, 0.15) is 11.6 Å². The minimum absolute atomic E-state index is 0.0879. The monoisotopic (exact) mass is 408 g/mol. The van der Waals surface area contributed by atoms with Gasteiger partial charge in [-0.3, -0.25) is 14.7 Å². The number of pyridine rings is 1. The van der Waals surface area contributed by atoms with Gasteiger partial charge in [-0.2, -0.15) is 0 Å². The van der Waals surface area contributed by atoms with E-state index in [0.29, 0.717) is 38.8 Å². The van der Waals surface area contributed by atoms with Crippen LogP contribution in [-0.4, -0.2) is 28.8 Å². The molecule has 2 aliphatic heterocycles. The lowest BCUT2D eigenvalue weighted by atomic mass is 9.79. The predicted molar refractivity (Wildman–Crippen MR) is 106 cm³/mol. The Hall–Kier alpha value is -3.45. The molecule has 0 bridgehead atoms. The molecule has 0 fully saturated rings. The van der Waals surface area contributed by atoms with E-state index in [2.05, 4.69) is 9.98 Å². The quantitative estimate of drug-likeness (QED) is 0.666. The third-order valence-electron chi connectivity index (χ3n) is 5.24. The second-order valence-electron chi connectivity index (χ2n) is 6.85. The number of hydrogen-bond donors (Lipinski definition) is 1. The lowest BCUT2D eigenvalue weighted by Gasteiger charge is -2.33. The Labute approximate surface area is 170 Å². The van der Waals surface area contributed by atoms with Gasteiger partial charge in [0.15, 0.2) is 11.7 Å². The summed E-state index contributed by atoms with van der Waals surface area (Å²) in [7, 11) is 1.56. The number of aliphatic imine (C=N–C) groups is 1. The van der Waals surface area contributed by atoms with E-state index in [9.17, 15) is 9.18 Å². The van der Waals surface area contributed by atoms with Gasteiger partial charge in [0, 0.05) is 35.0 Å². The van der Waals surface area contributed by atoms with Gasteiger partial charge in [-0.05, 0) is 42.0 Å². The van der Waals surface area contributed by atoms with Crippen molar-refractivity contribution in [3.8, 4) is 22.6 Å². The zero-order valence-corrected chi connectivity index (χ0v) is 15.9. The molecular weight excluding hydrogens is 395 g/mol. The van der Waals surface area contributed by atoms with Crippen LogP contribution in [0.3, 0.4) is 0 Å². The Morgan fingerprint density at radius 3 is 2.72 bits per heavy atom. The zero-order chi connectivity index (χ0) is 20.3. The maximum atomic E-state index is 14.5. The average Bonchev–Trinajstić information content (AvgIpc) is 2.95. The van der Waals surface area contributed by atoms with Crippen molar-refractivity contribution in [2.24, 2.45) is 10.7 Å². The summed E-state index contributed by atoms with van der Waals surface area (Å²) in [6, 6.07) is 11.1. The lowest BCUT2D eigenvalue weighted by molar-refractivity contribution is -0.129. The molecule has 1 unspecified atom stereocenters. The Bertz CT molecular complexity index is 1230. The molecule has 1 atom stereocenters. The van der Waals surface area contributed by atoms with Gasteiger partial charge >= 0.3 is 0 Å². The number of ether oxygens (including phenoxy) is 1. The van der Waals surface area contributed by atoms with Crippen LogP contribution in [-0.2, 0) is 10.3 Å². The van der Waals surface area contributed by atoms with Crippen LogP contribution >= 0.6 is 11.6 Å². The number of rotatable bonds is 1. The van der Waals surface area contributed by atoms with E-state index in [0.717, 1.165) is 0 Å². The Kier molecular flexibility index (Phi) is 3.66. The molecule has 0 saturated carbocycles. The van der Waals surface area contributed by atoms with Crippen molar-refractivity contribution < 1.29 is 13.9 Å². The average molecular weight is 409 g/mol. The molecule has 2 aromatic carbocycles. The van der Waals surface area contributed by atoms with Crippen LogP contribution in [0.2, 0.25) is 5.02 Å². The number of likely N-dealkylation sites (N-methyl/N-ethyl adjacent to an activating group) is 1. The summed E-state index contributed by atoms with van der Waals surface area (Å²) in [6.07, 6.45) is 3.09. The van der Waals surface area contributed by atoms with Crippen molar-refractivity contribution in [2.75, 3.05) is 7.05 Å². The van der Waals surface area contributed by atoms with E-state index < -0.39 is 11.4 Å². The fraction of sp³-hybridized carbons (Fsp3) is 0.0952. The first kappa shape index (κ1) is 17.6. The van der Waals surface area contributed by atoms with Gasteiger partial charge in [-0.15, -0.1) is 0 Å². The van der Waals surface area contributed by atoms with E-state index in [1.54, 1.807) is 37.5 Å². The van der Waals surface area contributed by atoms with Crippen molar-refractivity contribution in [3.05, 3.63) is 76.8 Å². The maximum absolute atomic E-state index is 14.5. The molecule has 5 rings (SSSR count). The number of nitrogens with two attached hydrogens (primary N) is 1. The number of halogens is 2. The number of carbonyl (C=O) groups is 1. The first-order chi connectivity index (χ1) is 13.9. The minimum atomic E-state index is -1.42. The molecule has 29 heavy (non-hydrogen) atoms. The fourth-order valence-corrected chi connectivity index (χ4v) is 3.98. The van der Waals surface area contributed by atoms with Crippen LogP contribution in [0.15, 0.2) is 59.9 Å². The van der Waals surface area contributed by atoms with Crippen molar-refractivity contribution >= 4 is 23.5 Å². The topological polar surface area (TPSA) is 80.8 Å². The van der Waals surface area contributed by atoms with E-state index in [1.165, 1.54) is 29.3 Å². The fourth-order valence-electron chi connectivity index (χ4n) is 3.80. The first-order valence-electron chi connectivity index (χ1n) is 8.77. The number of hydrogen-bond acceptors (Lipinski definition) is 5. The van der Waals surface area contributed by atoms with Gasteiger partial charge in [-0.25, -0.2) is 9.38 Å². The van der Waals surface area contributed by atoms with E-state index in [4.69, 9.17) is 22.1 Å². The summed E-state index contributed by atoms with van der Waals surface area (Å²) in [5.74, 6) is 0.182. The molecule has 2 aliphatic rings. The molecule has 8 heteroatoms. The standard InChI is InChI=1S/C21H14ClFN4O2/c1-27-19(28)21(26-20(27)24)14-6-7-25-10-18(14)29-17-5-2-11(8-15(17)21)13-9-12(22)3-4-16(13)23/h2-10H,1H3,(H2,24,26). The molecule has 1 spiro atoms. The molecule has 6 nitrogen and oxygen atoms in total. The Balaban J connectivity index is 1.80. The van der Waals surface area contributed by atoms with Crippen molar-refractivity contribution in [2.45, 2.75) is 5.54 Å². The third-order valence-corrected chi connectivity index (χ3v) is 5.48. The molecule has 3 aromatic rings. The van der Waals surface area contributed by atoms with E-state index >= 15 is 0 Å². The van der Waals surface area contributed by atoms with Gasteiger partial charge < -0.3 is 10.5 Å². The van der Waals surface area contributed by atoms with Gasteiger partial charge in [0.2, 0.25) is 5.54 Å². The summed E-state index contributed by atoms with van der Waals surface area (Å²) < 4.78 is 20.4. The van der Waals surface area contributed by atoms with Crippen LogP contribution in [0.1, 0.15) is 11.1 Å². The molecule has 1 aromatic heterocycles. The molecule has 1 amide bonds. The van der Waals surface area contributed by atoms with Crippen molar-refractivity contribution in [3.63, 3.8) is 0 Å². The summed E-state index contributed by atoms with van der Waals surface area (Å²) in [5.41, 5.74) is 6.44. The van der Waals surface area contributed by atoms with Crippen LogP contribution in [0, 0.1) is 5.82 Å². The number of aromatic nitrogens is 1. The van der Waals surface area contributed by atoms with Gasteiger partial charge in [0.25, 0.3) is 5.91 Å². The molecule has 0 saturated heterocycles. The summed E-state index contributed by atoms with van der Waals surface area (Å²) in [4.78, 5) is 23.3. The zero-order valence-electron chi connectivity index (χ0n) is 15.2. The number of nitrogens with zero attached hydrogens (tertiary/aromatic N) is 3. The lowest BCUT2D eigenvalue weighted by Crippen LogP contribution is -2.42. The highest BCUT2D eigenvalue weighted by molar-refractivity contribution is 6.30. The summed E-state index contributed by atoms with van der Waals surface area (Å²) >= 11 is 6.06. The van der Waals surface area contributed by atoms with Crippen LogP contribution < -0.4 is 10.5 Å². The van der Waals surface area contributed by atoms with Crippen LogP contribution in [0.5, 0.6) is 11.5 Å². The smallest absolute Gasteiger partial charge is 0.266 e. The molecule has 0 radical (unpaired) electrons. The molecular formula is C21H14ClFN4O2. The second kappa shape index (κ2) is 6.02. The largest absolute Gasteiger partial charge is 0.455 e. The molecule has 2 N–H and O–H groups in total. The van der Waals surface area contributed by atoms with E-state index in [-0.39, 0.29) is 11.9 Å². The van der Waals surface area contributed by atoms with Gasteiger partial charge in [-0.1, -0.05) is 17.7 Å². The number of guanidine groups is 1. The van der Waals surface area contributed by atoms with Crippen LogP contribution in [0.25, 0.3) is 11.1 Å². The highest BCUT2D eigenvalue weighted by Crippen LogP contribution is 2.52. The number of benzene rings is 2. The SMILES string of the molecule is CN1C(=O)C2(N=C1N)c1ccncc1Oc1ccc(-c3cc(Cl)ccc3F)cc12. The molecule has 144 valence electrons. The summed E-state index contributed by atoms with van der Waals surface area (Å²) in [6.45, 7) is 0. The Morgan fingerprint density at radius 2 is 1.97 bits per heavy atom.